The zero-order chi connectivity index (χ0) is 28.4. The molecule has 9 nitrogen and oxygen atoms in total. The highest BCUT2D eigenvalue weighted by molar-refractivity contribution is 6.33. The van der Waals surface area contributed by atoms with Crippen molar-refractivity contribution in [1.82, 2.24) is 24.8 Å². The molecule has 2 amide bonds. The highest BCUT2D eigenvalue weighted by Gasteiger charge is 2.34. The Morgan fingerprint density at radius 3 is 2.60 bits per heavy atom. The second-order valence-electron chi connectivity index (χ2n) is 9.76. The van der Waals surface area contributed by atoms with Crippen LogP contribution in [0.5, 0.6) is 0 Å². The van der Waals surface area contributed by atoms with Crippen LogP contribution in [-0.2, 0) is 9.59 Å². The summed E-state index contributed by atoms with van der Waals surface area (Å²) in [6.45, 7) is 6.99. The van der Waals surface area contributed by atoms with Crippen molar-refractivity contribution in [1.29, 1.82) is 0 Å². The largest absolute Gasteiger partial charge is 0.350 e. The number of amidine groups is 1. The molecular weight excluding hydrogens is 533 g/mol. The second-order valence-corrected chi connectivity index (χ2v) is 10.2. The summed E-state index contributed by atoms with van der Waals surface area (Å²) in [6, 6.07) is 7.74. The van der Waals surface area contributed by atoms with Crippen LogP contribution in [0.15, 0.2) is 60.4 Å². The summed E-state index contributed by atoms with van der Waals surface area (Å²) in [7, 11) is 1.65. The van der Waals surface area contributed by atoms with Crippen molar-refractivity contribution in [2.75, 3.05) is 31.6 Å². The number of aromatic nitrogens is 3. The Kier molecular flexibility index (Phi) is 7.88. The van der Waals surface area contributed by atoms with E-state index >= 15 is 0 Å². The van der Waals surface area contributed by atoms with E-state index in [-0.39, 0.29) is 40.0 Å². The van der Waals surface area contributed by atoms with Crippen LogP contribution in [0.4, 0.5) is 16.0 Å². The fourth-order valence-electron chi connectivity index (χ4n) is 5.05. The maximum Gasteiger partial charge on any atom is 0.246 e. The van der Waals surface area contributed by atoms with Gasteiger partial charge in [0.15, 0.2) is 11.6 Å². The van der Waals surface area contributed by atoms with Crippen molar-refractivity contribution in [2.24, 2.45) is 4.99 Å². The van der Waals surface area contributed by atoms with Gasteiger partial charge in [0.25, 0.3) is 0 Å². The maximum atomic E-state index is 14.9. The number of aliphatic imine (C=N–C) groups is 1. The first kappa shape index (κ1) is 27.4. The molecular formula is C29H29ClFN7O2. The van der Waals surface area contributed by atoms with Gasteiger partial charge in [0.05, 0.1) is 22.0 Å². The summed E-state index contributed by atoms with van der Waals surface area (Å²) in [5.74, 6) is 0.669. The molecule has 1 unspecified atom stereocenters. The van der Waals surface area contributed by atoms with Gasteiger partial charge in [0.2, 0.25) is 12.3 Å². The Labute approximate surface area is 237 Å². The first-order chi connectivity index (χ1) is 19.4. The van der Waals surface area contributed by atoms with Crippen molar-refractivity contribution in [3.63, 3.8) is 0 Å². The van der Waals surface area contributed by atoms with Crippen molar-refractivity contribution in [3.8, 4) is 11.3 Å². The highest BCUT2D eigenvalue weighted by atomic mass is 35.5. The standard InChI is InChI=1S/C29H29ClFN7O2/c1-4-24(40)36-13-14-37(18(2)16-36)27(32-3)21-15-22(30)26(20-7-5-6-8-23(20)31)35-28(21)38(17-39)29-25(19-9-10-19)33-11-12-34-29/h4-8,11-12,15,17-19H,1,9-10,13-14,16H2,2-3H3. The van der Waals surface area contributed by atoms with E-state index in [4.69, 9.17) is 16.6 Å². The van der Waals surface area contributed by atoms with Gasteiger partial charge < -0.3 is 9.80 Å². The third-order valence-electron chi connectivity index (χ3n) is 7.16. The fraction of sp³-hybridized carbons (Fsp3) is 0.310. The van der Waals surface area contributed by atoms with Gasteiger partial charge in [-0.3, -0.25) is 19.6 Å². The topological polar surface area (TPSA) is 94.9 Å². The average Bonchev–Trinajstić information content (AvgIpc) is 3.81. The molecule has 206 valence electrons. The molecule has 2 fully saturated rings. The number of pyridine rings is 1. The monoisotopic (exact) mass is 561 g/mol. The minimum absolute atomic E-state index is 0.113. The van der Waals surface area contributed by atoms with Crippen LogP contribution in [0.2, 0.25) is 5.02 Å². The Hall–Kier alpha value is -4.18. The minimum atomic E-state index is -0.493. The van der Waals surface area contributed by atoms with Gasteiger partial charge in [-0.05, 0) is 44.0 Å². The lowest BCUT2D eigenvalue weighted by molar-refractivity contribution is -0.128. The molecule has 0 N–H and O–H groups in total. The zero-order valence-corrected chi connectivity index (χ0v) is 23.1. The number of carbonyl (C=O) groups is 2. The molecule has 1 saturated heterocycles. The van der Waals surface area contributed by atoms with E-state index in [2.05, 4.69) is 21.5 Å². The number of halogens is 2. The molecule has 1 aliphatic carbocycles. The third-order valence-corrected chi connectivity index (χ3v) is 7.44. The molecule has 1 aliphatic heterocycles. The number of benzene rings is 1. The van der Waals surface area contributed by atoms with Crippen molar-refractivity contribution >= 4 is 41.4 Å². The minimum Gasteiger partial charge on any atom is -0.350 e. The summed E-state index contributed by atoms with van der Waals surface area (Å²) in [6.07, 6.45) is 6.97. The molecule has 1 atom stereocenters. The molecule has 1 saturated carbocycles. The fourth-order valence-corrected chi connectivity index (χ4v) is 5.30. The maximum absolute atomic E-state index is 14.9. The van der Waals surface area contributed by atoms with E-state index in [0.29, 0.717) is 49.0 Å². The smallest absolute Gasteiger partial charge is 0.246 e. The van der Waals surface area contributed by atoms with Gasteiger partial charge in [0, 0.05) is 56.6 Å². The van der Waals surface area contributed by atoms with Crippen LogP contribution < -0.4 is 4.90 Å². The van der Waals surface area contributed by atoms with Crippen LogP contribution in [0, 0.1) is 5.82 Å². The predicted octanol–water partition coefficient (Wildman–Crippen LogP) is 4.60. The van der Waals surface area contributed by atoms with Gasteiger partial charge in [-0.25, -0.2) is 19.3 Å². The molecule has 2 aliphatic rings. The van der Waals surface area contributed by atoms with Crippen LogP contribution in [0.1, 0.15) is 36.9 Å². The number of rotatable bonds is 7. The molecule has 11 heteroatoms. The molecule has 5 rings (SSSR count). The first-order valence-electron chi connectivity index (χ1n) is 13.0. The molecule has 0 radical (unpaired) electrons. The van der Waals surface area contributed by atoms with Crippen molar-refractivity contribution in [2.45, 2.75) is 31.7 Å². The Bertz CT molecular complexity index is 1490. The first-order valence-corrected chi connectivity index (χ1v) is 13.4. The summed E-state index contributed by atoms with van der Waals surface area (Å²) >= 11 is 6.75. The lowest BCUT2D eigenvalue weighted by atomic mass is 10.1. The van der Waals surface area contributed by atoms with Gasteiger partial charge in [-0.15, -0.1) is 0 Å². The normalized spacial score (nSPS) is 17.5. The SMILES string of the molecule is C=CC(=O)N1CCN(C(=NC)c2cc(Cl)c(-c3ccccc3F)nc2N(C=O)c2nccnc2C2CC2)C(C)C1. The molecule has 0 bridgehead atoms. The quantitative estimate of drug-likeness (QED) is 0.181. The summed E-state index contributed by atoms with van der Waals surface area (Å²) in [4.78, 5) is 48.5. The lowest BCUT2D eigenvalue weighted by Gasteiger charge is -2.41. The van der Waals surface area contributed by atoms with E-state index in [1.807, 2.05) is 11.8 Å². The van der Waals surface area contributed by atoms with Crippen LogP contribution in [-0.4, -0.2) is 75.6 Å². The van der Waals surface area contributed by atoms with E-state index in [1.165, 1.54) is 23.2 Å². The van der Waals surface area contributed by atoms with E-state index in [9.17, 15) is 14.0 Å². The Balaban J connectivity index is 1.66. The number of nitrogens with zero attached hydrogens (tertiary/aromatic N) is 7. The number of carbonyl (C=O) groups excluding carboxylic acids is 2. The van der Waals surface area contributed by atoms with Crippen molar-refractivity contribution < 1.29 is 14.0 Å². The molecule has 40 heavy (non-hydrogen) atoms. The average molecular weight is 562 g/mol. The number of piperazine rings is 1. The van der Waals surface area contributed by atoms with E-state index < -0.39 is 5.82 Å². The zero-order valence-electron chi connectivity index (χ0n) is 22.3. The van der Waals surface area contributed by atoms with Crippen LogP contribution in [0.3, 0.4) is 0 Å². The summed E-state index contributed by atoms with van der Waals surface area (Å²) in [5.41, 5.74) is 1.56. The van der Waals surface area contributed by atoms with E-state index in [0.717, 1.165) is 12.8 Å². The number of hydrogen-bond acceptors (Lipinski definition) is 6. The number of hydrogen-bond donors (Lipinski definition) is 0. The molecule has 2 aromatic heterocycles. The van der Waals surface area contributed by atoms with Crippen LogP contribution >= 0.6 is 11.6 Å². The predicted molar refractivity (Wildman–Crippen MR) is 152 cm³/mol. The summed E-state index contributed by atoms with van der Waals surface area (Å²) in [5, 5.41) is 0.200. The lowest BCUT2D eigenvalue weighted by Crippen LogP contribution is -2.55. The molecule has 3 aromatic rings. The van der Waals surface area contributed by atoms with Gasteiger partial charge in [0.1, 0.15) is 11.7 Å². The molecule has 0 spiro atoms. The second kappa shape index (κ2) is 11.5. The molecule has 1 aromatic carbocycles. The van der Waals surface area contributed by atoms with Gasteiger partial charge in [-0.1, -0.05) is 30.3 Å². The number of amides is 2. The highest BCUT2D eigenvalue weighted by Crippen LogP contribution is 2.44. The molecule has 3 heterocycles. The van der Waals surface area contributed by atoms with Crippen LogP contribution in [0.25, 0.3) is 11.3 Å². The Morgan fingerprint density at radius 1 is 1.20 bits per heavy atom. The van der Waals surface area contributed by atoms with Gasteiger partial charge >= 0.3 is 0 Å². The third kappa shape index (κ3) is 5.19. The summed E-state index contributed by atoms with van der Waals surface area (Å²) < 4.78 is 14.9. The van der Waals surface area contributed by atoms with Crippen molar-refractivity contribution in [3.05, 3.63) is 77.5 Å². The Morgan fingerprint density at radius 2 is 1.95 bits per heavy atom. The van der Waals surface area contributed by atoms with E-state index in [1.54, 1.807) is 42.4 Å². The van der Waals surface area contributed by atoms with Gasteiger partial charge in [-0.2, -0.15) is 0 Å². The number of anilines is 2.